The van der Waals surface area contributed by atoms with E-state index in [0.29, 0.717) is 5.92 Å². The Morgan fingerprint density at radius 3 is 2.75 bits per heavy atom. The molecule has 0 aromatic carbocycles. The maximum Gasteiger partial charge on any atom is 0.0599 e. The maximum absolute atomic E-state index is 10.1. The Hall–Kier alpha value is -0.820. The SMILES string of the molecule is C=CC(=C)CC[C@H]1C(=C)CC[C@@H](O)C1(C)C. The molecular formula is C15H24O. The first kappa shape index (κ1) is 13.2. The highest BCUT2D eigenvalue weighted by atomic mass is 16.3. The van der Waals surface area contributed by atoms with Crippen molar-refractivity contribution < 1.29 is 5.11 Å². The predicted octanol–water partition coefficient (Wildman–Crippen LogP) is 3.86. The number of aliphatic hydroxyl groups excluding tert-OH is 1. The van der Waals surface area contributed by atoms with Gasteiger partial charge in [-0.05, 0) is 37.0 Å². The van der Waals surface area contributed by atoms with Crippen LogP contribution < -0.4 is 0 Å². The lowest BCUT2D eigenvalue weighted by atomic mass is 9.63. The minimum absolute atomic E-state index is 0.0587. The van der Waals surface area contributed by atoms with Gasteiger partial charge in [-0.3, -0.25) is 0 Å². The van der Waals surface area contributed by atoms with Crippen molar-refractivity contribution in [3.05, 3.63) is 37.0 Å². The quantitative estimate of drug-likeness (QED) is 0.563. The summed E-state index contributed by atoms with van der Waals surface area (Å²) in [6.07, 6.45) is 5.38. The van der Waals surface area contributed by atoms with Gasteiger partial charge in [0, 0.05) is 0 Å². The summed E-state index contributed by atoms with van der Waals surface area (Å²) in [5, 5.41) is 10.1. The monoisotopic (exact) mass is 220 g/mol. The molecule has 1 aliphatic carbocycles. The van der Waals surface area contributed by atoms with E-state index in [1.54, 1.807) is 0 Å². The largest absolute Gasteiger partial charge is 0.393 e. The lowest BCUT2D eigenvalue weighted by molar-refractivity contribution is -0.00874. The summed E-state index contributed by atoms with van der Waals surface area (Å²) in [6, 6.07) is 0. The fourth-order valence-electron chi connectivity index (χ4n) is 2.63. The highest BCUT2D eigenvalue weighted by molar-refractivity contribution is 5.15. The van der Waals surface area contributed by atoms with Crippen molar-refractivity contribution in [3.63, 3.8) is 0 Å². The molecule has 0 aromatic rings. The third kappa shape index (κ3) is 2.65. The van der Waals surface area contributed by atoms with Gasteiger partial charge in [-0.2, -0.15) is 0 Å². The van der Waals surface area contributed by atoms with Gasteiger partial charge in [0.25, 0.3) is 0 Å². The van der Waals surface area contributed by atoms with E-state index in [9.17, 15) is 5.11 Å². The molecule has 1 saturated carbocycles. The van der Waals surface area contributed by atoms with Gasteiger partial charge in [0.2, 0.25) is 0 Å². The number of allylic oxidation sites excluding steroid dienone is 3. The van der Waals surface area contributed by atoms with Gasteiger partial charge in [-0.25, -0.2) is 0 Å². The highest BCUT2D eigenvalue weighted by Crippen LogP contribution is 2.45. The van der Waals surface area contributed by atoms with E-state index in [2.05, 4.69) is 33.6 Å². The molecule has 1 rings (SSSR count). The van der Waals surface area contributed by atoms with Gasteiger partial charge in [-0.15, -0.1) is 0 Å². The summed E-state index contributed by atoms with van der Waals surface area (Å²) in [6.45, 7) is 16.1. The molecule has 1 heteroatoms. The van der Waals surface area contributed by atoms with Crippen LogP contribution in [-0.2, 0) is 0 Å². The van der Waals surface area contributed by atoms with E-state index >= 15 is 0 Å². The molecule has 0 aliphatic heterocycles. The molecule has 90 valence electrons. The van der Waals surface area contributed by atoms with Gasteiger partial charge < -0.3 is 5.11 Å². The molecule has 0 amide bonds. The fraction of sp³-hybridized carbons (Fsp3) is 0.600. The third-order valence-corrected chi connectivity index (χ3v) is 4.03. The van der Waals surface area contributed by atoms with Crippen molar-refractivity contribution in [2.75, 3.05) is 0 Å². The van der Waals surface area contributed by atoms with E-state index in [1.807, 2.05) is 6.08 Å². The summed E-state index contributed by atoms with van der Waals surface area (Å²) in [7, 11) is 0. The number of rotatable bonds is 4. The molecule has 0 heterocycles. The molecule has 1 N–H and O–H groups in total. The zero-order chi connectivity index (χ0) is 12.3. The fourth-order valence-corrected chi connectivity index (χ4v) is 2.63. The summed E-state index contributed by atoms with van der Waals surface area (Å²) >= 11 is 0. The van der Waals surface area contributed by atoms with Crippen molar-refractivity contribution >= 4 is 0 Å². The van der Waals surface area contributed by atoms with Crippen molar-refractivity contribution in [1.29, 1.82) is 0 Å². The van der Waals surface area contributed by atoms with Gasteiger partial charge >= 0.3 is 0 Å². The Bertz CT molecular complexity index is 299. The van der Waals surface area contributed by atoms with Crippen LogP contribution in [-0.4, -0.2) is 11.2 Å². The lowest BCUT2D eigenvalue weighted by Gasteiger charge is -2.44. The summed E-state index contributed by atoms with van der Waals surface area (Å²) in [4.78, 5) is 0. The van der Waals surface area contributed by atoms with Gasteiger partial charge in [0.05, 0.1) is 6.10 Å². The molecule has 0 unspecified atom stereocenters. The van der Waals surface area contributed by atoms with E-state index < -0.39 is 0 Å². The molecule has 0 radical (unpaired) electrons. The first-order valence-corrected chi connectivity index (χ1v) is 6.05. The van der Waals surface area contributed by atoms with Gasteiger partial charge in [0.1, 0.15) is 0 Å². The molecular weight excluding hydrogens is 196 g/mol. The normalized spacial score (nSPS) is 28.8. The standard InChI is InChI=1S/C15H24O/c1-6-11(2)7-9-13-12(3)8-10-14(16)15(13,4)5/h6,13-14,16H,1-3,7-10H2,4-5H3/t13-,14+/m0/s1. The molecule has 0 spiro atoms. The summed E-state index contributed by atoms with van der Waals surface area (Å²) < 4.78 is 0. The van der Waals surface area contributed by atoms with Crippen LogP contribution in [0.1, 0.15) is 39.5 Å². The Balaban J connectivity index is 2.70. The van der Waals surface area contributed by atoms with Crippen molar-refractivity contribution in [3.8, 4) is 0 Å². The molecule has 0 bridgehead atoms. The molecule has 1 nitrogen and oxygen atoms in total. The first-order valence-electron chi connectivity index (χ1n) is 6.05. The Labute approximate surface area is 99.6 Å². The Morgan fingerprint density at radius 2 is 2.19 bits per heavy atom. The topological polar surface area (TPSA) is 20.2 Å². The van der Waals surface area contributed by atoms with Crippen LogP contribution in [0.15, 0.2) is 37.0 Å². The van der Waals surface area contributed by atoms with E-state index in [-0.39, 0.29) is 11.5 Å². The van der Waals surface area contributed by atoms with Crippen LogP contribution >= 0.6 is 0 Å². The average Bonchev–Trinajstić information content (AvgIpc) is 2.23. The van der Waals surface area contributed by atoms with Crippen LogP contribution in [0, 0.1) is 11.3 Å². The second kappa shape index (κ2) is 5.01. The van der Waals surface area contributed by atoms with Crippen LogP contribution in [0.5, 0.6) is 0 Å². The van der Waals surface area contributed by atoms with Gasteiger partial charge in [0.15, 0.2) is 0 Å². The molecule has 16 heavy (non-hydrogen) atoms. The summed E-state index contributed by atoms with van der Waals surface area (Å²) in [5.41, 5.74) is 2.30. The minimum atomic E-state index is -0.208. The van der Waals surface area contributed by atoms with Crippen molar-refractivity contribution in [2.45, 2.75) is 45.6 Å². The van der Waals surface area contributed by atoms with E-state index in [0.717, 1.165) is 31.3 Å². The molecule has 1 aliphatic rings. The zero-order valence-corrected chi connectivity index (χ0v) is 10.6. The average molecular weight is 220 g/mol. The second-order valence-electron chi connectivity index (χ2n) is 5.49. The van der Waals surface area contributed by atoms with E-state index in [4.69, 9.17) is 0 Å². The zero-order valence-electron chi connectivity index (χ0n) is 10.6. The number of aliphatic hydroxyl groups is 1. The van der Waals surface area contributed by atoms with Crippen molar-refractivity contribution in [2.24, 2.45) is 11.3 Å². The smallest absolute Gasteiger partial charge is 0.0599 e. The maximum atomic E-state index is 10.1. The first-order chi connectivity index (χ1) is 7.39. The number of hydrogen-bond acceptors (Lipinski definition) is 1. The second-order valence-corrected chi connectivity index (χ2v) is 5.49. The summed E-state index contributed by atoms with van der Waals surface area (Å²) in [5.74, 6) is 0.396. The number of hydrogen-bond donors (Lipinski definition) is 1. The minimum Gasteiger partial charge on any atom is -0.393 e. The molecule has 1 fully saturated rings. The van der Waals surface area contributed by atoms with Crippen LogP contribution in [0.25, 0.3) is 0 Å². The van der Waals surface area contributed by atoms with Crippen LogP contribution in [0.3, 0.4) is 0 Å². The molecule has 0 saturated heterocycles. The lowest BCUT2D eigenvalue weighted by Crippen LogP contribution is -2.41. The van der Waals surface area contributed by atoms with E-state index in [1.165, 1.54) is 5.57 Å². The van der Waals surface area contributed by atoms with Crippen molar-refractivity contribution in [1.82, 2.24) is 0 Å². The predicted molar refractivity (Wildman–Crippen MR) is 70.2 cm³/mol. The van der Waals surface area contributed by atoms with Crippen LogP contribution in [0.2, 0.25) is 0 Å². The highest BCUT2D eigenvalue weighted by Gasteiger charge is 2.40. The molecule has 0 aromatic heterocycles. The van der Waals surface area contributed by atoms with Crippen LogP contribution in [0.4, 0.5) is 0 Å². The molecule has 2 atom stereocenters. The Morgan fingerprint density at radius 1 is 1.56 bits per heavy atom. The Kier molecular flexibility index (Phi) is 4.15. The third-order valence-electron chi connectivity index (χ3n) is 4.03. The van der Waals surface area contributed by atoms with Gasteiger partial charge in [-0.1, -0.05) is 50.8 Å².